The summed E-state index contributed by atoms with van der Waals surface area (Å²) in [6.07, 6.45) is 2.19. The van der Waals surface area contributed by atoms with Gasteiger partial charge in [-0.1, -0.05) is 91.1 Å². The van der Waals surface area contributed by atoms with Crippen molar-refractivity contribution in [2.45, 2.75) is 26.2 Å². The number of benzene rings is 4. The van der Waals surface area contributed by atoms with Crippen LogP contribution in [-0.2, 0) is 12.8 Å². The lowest BCUT2D eigenvalue weighted by molar-refractivity contribution is 0.0954. The summed E-state index contributed by atoms with van der Waals surface area (Å²) in [5.74, 6) is 0.714. The van der Waals surface area contributed by atoms with Crippen molar-refractivity contribution in [3.63, 3.8) is 0 Å². The van der Waals surface area contributed by atoms with Crippen LogP contribution in [0.5, 0.6) is 11.6 Å². The van der Waals surface area contributed by atoms with Crippen LogP contribution in [0.15, 0.2) is 102 Å². The fourth-order valence-electron chi connectivity index (χ4n) is 4.58. The number of aromatic amines is 1. The van der Waals surface area contributed by atoms with Crippen molar-refractivity contribution in [2.75, 3.05) is 13.2 Å². The highest BCUT2D eigenvalue weighted by Gasteiger charge is 2.09. The molecular weight excluding hydrogens is 532 g/mol. The first-order chi connectivity index (χ1) is 20.0. The van der Waals surface area contributed by atoms with Crippen molar-refractivity contribution in [2.24, 2.45) is 0 Å². The third-order valence-electron chi connectivity index (χ3n) is 6.79. The predicted octanol–water partition coefficient (Wildman–Crippen LogP) is 6.83. The molecule has 0 aliphatic rings. The summed E-state index contributed by atoms with van der Waals surface area (Å²) in [4.78, 5) is 26.9. The summed E-state index contributed by atoms with van der Waals surface area (Å²) >= 11 is 1.03. The lowest BCUT2D eigenvalue weighted by atomic mass is 10.00. The van der Waals surface area contributed by atoms with Crippen molar-refractivity contribution in [3.8, 4) is 33.9 Å². The molecule has 0 atom stereocenters. The van der Waals surface area contributed by atoms with Crippen LogP contribution in [0.4, 0.5) is 0 Å². The Kier molecular flexibility index (Phi) is 8.96. The van der Waals surface area contributed by atoms with E-state index in [2.05, 4.69) is 35.4 Å². The van der Waals surface area contributed by atoms with E-state index in [1.54, 1.807) is 0 Å². The molecule has 0 aliphatic carbocycles. The number of hydrogen-bond donors (Lipinski definition) is 3. The summed E-state index contributed by atoms with van der Waals surface area (Å²) < 4.78 is 5.65. The highest BCUT2D eigenvalue weighted by Crippen LogP contribution is 2.25. The minimum absolute atomic E-state index is 0.0554. The Hall–Kier alpha value is -4.62. The number of amides is 1. The molecule has 0 fully saturated rings. The lowest BCUT2D eigenvalue weighted by Crippen LogP contribution is -2.25. The zero-order valence-corrected chi connectivity index (χ0v) is 23.7. The second kappa shape index (κ2) is 13.2. The Morgan fingerprint density at radius 3 is 2.17 bits per heavy atom. The Bertz CT molecular complexity index is 1650. The standard InChI is InChI=1S/C34H32N2O4S/c1-2-20-40-30-16-14-26(15-17-30)25-10-12-28(13-11-25)32(37)35-19-18-23-4-3-5-29(21-23)27-8-6-24(7-9-27)22-31-33(38)36-34(39)41-31/h3-17,21,38H,2,18-20,22H2,1H3,(H,35,37)(H,36,39). The average molecular weight is 565 g/mol. The van der Waals surface area contributed by atoms with Gasteiger partial charge in [0.25, 0.3) is 5.91 Å². The highest BCUT2D eigenvalue weighted by molar-refractivity contribution is 7.09. The first-order valence-electron chi connectivity index (χ1n) is 13.7. The molecule has 41 heavy (non-hydrogen) atoms. The molecule has 6 nitrogen and oxygen atoms in total. The minimum Gasteiger partial charge on any atom is -0.494 e. The third-order valence-corrected chi connectivity index (χ3v) is 7.66. The number of nitrogens with one attached hydrogen (secondary N) is 2. The molecular formula is C34H32N2O4S. The molecule has 0 radical (unpaired) electrons. The van der Waals surface area contributed by atoms with E-state index in [0.717, 1.165) is 56.9 Å². The molecule has 1 heterocycles. The average Bonchev–Trinajstić information content (AvgIpc) is 3.32. The minimum atomic E-state index is -0.254. The number of rotatable bonds is 11. The normalized spacial score (nSPS) is 10.9. The van der Waals surface area contributed by atoms with Gasteiger partial charge in [-0.05, 0) is 70.5 Å². The second-order valence-corrected chi connectivity index (χ2v) is 10.9. The number of aromatic nitrogens is 1. The Labute approximate surface area is 243 Å². The van der Waals surface area contributed by atoms with Crippen LogP contribution in [0.3, 0.4) is 0 Å². The van der Waals surface area contributed by atoms with Crippen molar-refractivity contribution in [3.05, 3.63) is 128 Å². The first-order valence-corrected chi connectivity index (χ1v) is 14.5. The Morgan fingerprint density at radius 2 is 1.51 bits per heavy atom. The van der Waals surface area contributed by atoms with Crippen molar-refractivity contribution in [1.82, 2.24) is 10.3 Å². The molecule has 5 rings (SSSR count). The molecule has 0 spiro atoms. The van der Waals surface area contributed by atoms with Crippen molar-refractivity contribution < 1.29 is 14.6 Å². The van der Waals surface area contributed by atoms with Gasteiger partial charge in [0.15, 0.2) is 0 Å². The Balaban J connectivity index is 1.14. The number of H-pyrrole nitrogens is 1. The largest absolute Gasteiger partial charge is 0.494 e. The zero-order valence-electron chi connectivity index (χ0n) is 22.9. The Morgan fingerprint density at radius 1 is 0.854 bits per heavy atom. The van der Waals surface area contributed by atoms with E-state index in [-0.39, 0.29) is 16.7 Å². The summed E-state index contributed by atoms with van der Waals surface area (Å²) in [7, 11) is 0. The van der Waals surface area contributed by atoms with Crippen LogP contribution < -0.4 is 14.9 Å². The van der Waals surface area contributed by atoms with Gasteiger partial charge in [0.1, 0.15) is 5.75 Å². The molecule has 0 aliphatic heterocycles. The van der Waals surface area contributed by atoms with E-state index >= 15 is 0 Å². The van der Waals surface area contributed by atoms with Crippen molar-refractivity contribution in [1.29, 1.82) is 0 Å². The maximum Gasteiger partial charge on any atom is 0.307 e. The quantitative estimate of drug-likeness (QED) is 0.164. The molecule has 208 valence electrons. The van der Waals surface area contributed by atoms with Crippen LogP contribution in [0.1, 0.15) is 39.7 Å². The topological polar surface area (TPSA) is 91.4 Å². The first kappa shape index (κ1) is 27.9. The maximum absolute atomic E-state index is 12.7. The van der Waals surface area contributed by atoms with Gasteiger partial charge in [-0.2, -0.15) is 0 Å². The number of aromatic hydroxyl groups is 1. The van der Waals surface area contributed by atoms with Crippen LogP contribution in [-0.4, -0.2) is 29.1 Å². The van der Waals surface area contributed by atoms with Crippen LogP contribution in [0, 0.1) is 0 Å². The summed E-state index contributed by atoms with van der Waals surface area (Å²) in [5.41, 5.74) is 7.08. The van der Waals surface area contributed by atoms with Gasteiger partial charge < -0.3 is 15.2 Å². The van der Waals surface area contributed by atoms with E-state index in [1.165, 1.54) is 0 Å². The molecule has 0 saturated heterocycles. The van der Waals surface area contributed by atoms with E-state index in [0.29, 0.717) is 36.4 Å². The van der Waals surface area contributed by atoms with E-state index in [9.17, 15) is 14.7 Å². The lowest BCUT2D eigenvalue weighted by Gasteiger charge is -2.09. The number of carbonyl (C=O) groups is 1. The molecule has 0 saturated carbocycles. The van der Waals surface area contributed by atoms with Crippen LogP contribution >= 0.6 is 11.3 Å². The fraction of sp³-hybridized carbons (Fsp3) is 0.176. The molecule has 1 amide bonds. The van der Waals surface area contributed by atoms with Gasteiger partial charge in [-0.25, -0.2) is 0 Å². The van der Waals surface area contributed by atoms with Gasteiger partial charge in [0.05, 0.1) is 11.5 Å². The number of hydrogen-bond acceptors (Lipinski definition) is 5. The van der Waals surface area contributed by atoms with Crippen molar-refractivity contribution >= 4 is 17.2 Å². The molecule has 4 aromatic carbocycles. The smallest absolute Gasteiger partial charge is 0.307 e. The fourth-order valence-corrected chi connectivity index (χ4v) is 5.34. The monoisotopic (exact) mass is 564 g/mol. The van der Waals surface area contributed by atoms with Crippen LogP contribution in [0.25, 0.3) is 22.3 Å². The van der Waals surface area contributed by atoms with Gasteiger partial charge in [-0.3, -0.25) is 14.6 Å². The van der Waals surface area contributed by atoms with Gasteiger partial charge in [-0.15, -0.1) is 0 Å². The molecule has 3 N–H and O–H groups in total. The zero-order chi connectivity index (χ0) is 28.6. The molecule has 1 aromatic heterocycles. The van der Waals surface area contributed by atoms with E-state index < -0.39 is 0 Å². The summed E-state index contributed by atoms with van der Waals surface area (Å²) in [6, 6.07) is 32.0. The third kappa shape index (κ3) is 7.32. The summed E-state index contributed by atoms with van der Waals surface area (Å²) in [5, 5.41) is 12.9. The van der Waals surface area contributed by atoms with E-state index in [4.69, 9.17) is 4.74 Å². The summed E-state index contributed by atoms with van der Waals surface area (Å²) in [6.45, 7) is 3.32. The number of thiazole rings is 1. The SMILES string of the molecule is CCCOc1ccc(-c2ccc(C(=O)NCCc3cccc(-c4ccc(Cc5sc(=O)[nH]c5O)cc4)c3)cc2)cc1. The number of ether oxygens (including phenoxy) is 1. The maximum atomic E-state index is 12.7. The molecule has 7 heteroatoms. The van der Waals surface area contributed by atoms with Crippen LogP contribution in [0.2, 0.25) is 0 Å². The molecule has 5 aromatic rings. The highest BCUT2D eigenvalue weighted by atomic mass is 32.1. The van der Waals surface area contributed by atoms with Gasteiger partial charge >= 0.3 is 4.87 Å². The number of carbonyl (C=O) groups excluding carboxylic acids is 1. The van der Waals surface area contributed by atoms with E-state index in [1.807, 2.05) is 78.9 Å². The van der Waals surface area contributed by atoms with Gasteiger partial charge in [0.2, 0.25) is 5.88 Å². The predicted molar refractivity (Wildman–Crippen MR) is 165 cm³/mol. The second-order valence-electron chi connectivity index (χ2n) is 9.82. The molecule has 0 bridgehead atoms. The molecule has 0 unspecified atom stereocenters. The van der Waals surface area contributed by atoms with Gasteiger partial charge in [0, 0.05) is 18.5 Å².